The van der Waals surface area contributed by atoms with Gasteiger partial charge in [0.2, 0.25) is 0 Å². The highest BCUT2D eigenvalue weighted by molar-refractivity contribution is 5.85. The zero-order chi connectivity index (χ0) is 22.4. The van der Waals surface area contributed by atoms with E-state index in [2.05, 4.69) is 52.0 Å². The normalized spacial score (nSPS) is 23.7. The third-order valence-corrected chi connectivity index (χ3v) is 8.84. The molecule has 1 aromatic heterocycles. The van der Waals surface area contributed by atoms with Crippen molar-refractivity contribution in [3.8, 4) is 0 Å². The fraction of sp³-hybridized carbons (Fsp3) is 0.536. The highest BCUT2D eigenvalue weighted by atomic mass is 35.5. The summed E-state index contributed by atoms with van der Waals surface area (Å²) in [5.74, 6) is 1.04. The summed E-state index contributed by atoms with van der Waals surface area (Å²) in [6.45, 7) is 5.34. The van der Waals surface area contributed by atoms with Crippen LogP contribution in [0.1, 0.15) is 62.4 Å². The Morgan fingerprint density at radius 1 is 0.921 bits per heavy atom. The van der Waals surface area contributed by atoms with Gasteiger partial charge in [-0.15, -0.1) is 24.8 Å². The second kappa shape index (κ2) is 14.0. The molecular formula is C28H43Cl2FN4O3. The van der Waals surface area contributed by atoms with Gasteiger partial charge in [-0.3, -0.25) is 4.90 Å². The first kappa shape index (κ1) is 34.2. The van der Waals surface area contributed by atoms with E-state index < -0.39 is 0 Å². The van der Waals surface area contributed by atoms with E-state index in [1.54, 1.807) is 12.1 Å². The quantitative estimate of drug-likeness (QED) is 0.500. The summed E-state index contributed by atoms with van der Waals surface area (Å²) in [4.78, 5) is 7.65. The molecule has 1 unspecified atom stereocenters. The fourth-order valence-corrected chi connectivity index (χ4v) is 7.20. The number of piperidine rings is 2. The molecule has 3 saturated heterocycles. The Hall–Kier alpha value is -1.78. The van der Waals surface area contributed by atoms with Crippen LogP contribution in [-0.2, 0) is 5.41 Å². The van der Waals surface area contributed by atoms with E-state index in [1.807, 2.05) is 6.07 Å². The number of para-hydroxylation sites is 2. The summed E-state index contributed by atoms with van der Waals surface area (Å²) in [5.41, 5.74) is 3.70. The standard InChI is InChI=1S/C28H35FN4.2ClH.3H2O/c1-20-31-26-7-2-3-8-27(26)33(20)25-18-23-9-10-24(19-25)32(23)16-13-28(11-14-30-15-12-28)21-5-4-6-22(29)17-21;;;;;/h2-8,17,23-25,30H,9-16,18-19H2,1H3;2*1H;3*1H2/t23-,24+,25?;;;;;. The van der Waals surface area contributed by atoms with Gasteiger partial charge in [0.25, 0.3) is 0 Å². The van der Waals surface area contributed by atoms with Crippen molar-refractivity contribution in [3.05, 3.63) is 65.7 Å². The van der Waals surface area contributed by atoms with E-state index in [4.69, 9.17) is 4.98 Å². The summed E-state index contributed by atoms with van der Waals surface area (Å²) in [7, 11) is 0. The number of hydrogen-bond donors (Lipinski definition) is 1. The van der Waals surface area contributed by atoms with Gasteiger partial charge in [-0.05, 0) is 107 Å². The summed E-state index contributed by atoms with van der Waals surface area (Å²) < 4.78 is 16.6. The molecule has 2 bridgehead atoms. The van der Waals surface area contributed by atoms with Gasteiger partial charge >= 0.3 is 0 Å². The van der Waals surface area contributed by atoms with E-state index in [-0.39, 0.29) is 52.5 Å². The first-order valence-electron chi connectivity index (χ1n) is 12.8. The van der Waals surface area contributed by atoms with Gasteiger partial charge in [0.1, 0.15) is 11.6 Å². The predicted molar refractivity (Wildman–Crippen MR) is 156 cm³/mol. The number of nitrogens with one attached hydrogen (secondary N) is 1. The Labute approximate surface area is 236 Å². The second-order valence-electron chi connectivity index (χ2n) is 10.6. The van der Waals surface area contributed by atoms with E-state index >= 15 is 0 Å². The maximum Gasteiger partial charge on any atom is 0.123 e. The Kier molecular flexibility index (Phi) is 12.6. The highest BCUT2D eigenvalue weighted by Crippen LogP contribution is 2.44. The third-order valence-electron chi connectivity index (χ3n) is 8.84. The molecule has 4 heterocycles. The van der Waals surface area contributed by atoms with E-state index in [0.717, 1.165) is 50.2 Å². The van der Waals surface area contributed by atoms with Gasteiger partial charge in [0, 0.05) is 18.1 Å². The zero-order valence-corrected chi connectivity index (χ0v) is 23.6. The van der Waals surface area contributed by atoms with Gasteiger partial charge in [-0.25, -0.2) is 9.37 Å². The molecule has 3 aromatic rings. The average Bonchev–Trinajstić information content (AvgIpc) is 3.29. The van der Waals surface area contributed by atoms with Gasteiger partial charge in [-0.2, -0.15) is 0 Å². The van der Waals surface area contributed by atoms with Crippen LogP contribution in [0.5, 0.6) is 0 Å². The molecular weight excluding hydrogens is 530 g/mol. The molecule has 3 fully saturated rings. The van der Waals surface area contributed by atoms with Crippen LogP contribution in [0.4, 0.5) is 4.39 Å². The van der Waals surface area contributed by atoms with Crippen molar-refractivity contribution in [1.29, 1.82) is 0 Å². The minimum Gasteiger partial charge on any atom is -0.412 e. The lowest BCUT2D eigenvalue weighted by molar-refractivity contribution is 0.0928. The zero-order valence-electron chi connectivity index (χ0n) is 22.0. The Morgan fingerprint density at radius 3 is 2.24 bits per heavy atom. The maximum atomic E-state index is 14.1. The topological polar surface area (TPSA) is 128 Å². The molecule has 0 radical (unpaired) electrons. The van der Waals surface area contributed by atoms with Crippen LogP contribution in [0.25, 0.3) is 11.0 Å². The van der Waals surface area contributed by atoms with Crippen LogP contribution in [0.15, 0.2) is 48.5 Å². The van der Waals surface area contributed by atoms with E-state index in [1.165, 1.54) is 36.8 Å². The number of aryl methyl sites for hydroxylation is 1. The number of imidazole rings is 1. The molecule has 0 aliphatic carbocycles. The summed E-state index contributed by atoms with van der Waals surface area (Å²) in [6.07, 6.45) is 8.37. The molecule has 0 amide bonds. The Morgan fingerprint density at radius 2 is 1.58 bits per heavy atom. The van der Waals surface area contributed by atoms with Crippen LogP contribution in [0, 0.1) is 12.7 Å². The van der Waals surface area contributed by atoms with Crippen molar-refractivity contribution in [3.63, 3.8) is 0 Å². The van der Waals surface area contributed by atoms with Crippen molar-refractivity contribution in [2.24, 2.45) is 0 Å². The number of rotatable bonds is 5. The minimum absolute atomic E-state index is 0. The van der Waals surface area contributed by atoms with Crippen molar-refractivity contribution in [2.75, 3.05) is 19.6 Å². The minimum atomic E-state index is -0.103. The molecule has 0 spiro atoms. The molecule has 38 heavy (non-hydrogen) atoms. The number of aromatic nitrogens is 2. The lowest BCUT2D eigenvalue weighted by Crippen LogP contribution is -2.47. The summed E-state index contributed by atoms with van der Waals surface area (Å²) in [6, 6.07) is 17.8. The monoisotopic (exact) mass is 572 g/mol. The summed E-state index contributed by atoms with van der Waals surface area (Å²) >= 11 is 0. The Balaban J connectivity index is 0.00000144. The summed E-state index contributed by atoms with van der Waals surface area (Å²) in [5, 5.41) is 3.52. The van der Waals surface area contributed by atoms with Crippen LogP contribution in [-0.4, -0.2) is 62.6 Å². The lowest BCUT2D eigenvalue weighted by Gasteiger charge is -2.44. The first-order chi connectivity index (χ1) is 16.1. The second-order valence-corrected chi connectivity index (χ2v) is 10.6. The van der Waals surface area contributed by atoms with Crippen LogP contribution in [0.3, 0.4) is 0 Å². The van der Waals surface area contributed by atoms with Gasteiger partial charge in [0.15, 0.2) is 0 Å². The molecule has 7 nitrogen and oxygen atoms in total. The molecule has 214 valence electrons. The average molecular weight is 574 g/mol. The largest absolute Gasteiger partial charge is 0.412 e. The maximum absolute atomic E-state index is 14.1. The molecule has 3 atom stereocenters. The van der Waals surface area contributed by atoms with Crippen molar-refractivity contribution < 1.29 is 20.8 Å². The van der Waals surface area contributed by atoms with E-state index in [9.17, 15) is 4.39 Å². The smallest absolute Gasteiger partial charge is 0.123 e. The number of benzene rings is 2. The SMILES string of the molecule is Cc1nc2ccccc2n1C1C[C@H]2CC[C@@H](C1)N2CCC1(c2cccc(F)c2)CCNCC1.Cl.Cl.O.O.O. The van der Waals surface area contributed by atoms with Gasteiger partial charge in [0.05, 0.1) is 11.0 Å². The van der Waals surface area contributed by atoms with Crippen LogP contribution in [0.2, 0.25) is 0 Å². The Bertz CT molecular complexity index is 1140. The molecule has 2 aromatic carbocycles. The number of nitrogens with zero attached hydrogens (tertiary/aromatic N) is 3. The molecule has 0 saturated carbocycles. The number of hydrogen-bond acceptors (Lipinski definition) is 3. The molecule has 6 rings (SSSR count). The molecule has 10 heteroatoms. The molecule has 3 aliphatic heterocycles. The highest BCUT2D eigenvalue weighted by Gasteiger charge is 2.43. The van der Waals surface area contributed by atoms with Gasteiger partial charge < -0.3 is 26.3 Å². The van der Waals surface area contributed by atoms with Crippen molar-refractivity contribution >= 4 is 35.8 Å². The van der Waals surface area contributed by atoms with Gasteiger partial charge in [-0.1, -0.05) is 24.3 Å². The van der Waals surface area contributed by atoms with Crippen molar-refractivity contribution in [2.45, 2.75) is 75.4 Å². The predicted octanol–water partition coefficient (Wildman–Crippen LogP) is 3.73. The molecule has 7 N–H and O–H groups in total. The van der Waals surface area contributed by atoms with Crippen molar-refractivity contribution in [1.82, 2.24) is 19.8 Å². The van der Waals surface area contributed by atoms with Crippen LogP contribution < -0.4 is 5.32 Å². The van der Waals surface area contributed by atoms with Crippen LogP contribution >= 0.6 is 24.8 Å². The first-order valence-corrected chi connectivity index (χ1v) is 12.8. The van der Waals surface area contributed by atoms with E-state index in [0.29, 0.717) is 18.1 Å². The number of halogens is 3. The number of fused-ring (bicyclic) bond motifs is 3. The molecule has 3 aliphatic rings. The lowest BCUT2D eigenvalue weighted by atomic mass is 9.70. The fourth-order valence-electron chi connectivity index (χ4n) is 7.20. The third kappa shape index (κ3) is 6.17.